The van der Waals surface area contributed by atoms with E-state index in [1.165, 1.54) is 0 Å². The second-order valence-electron chi connectivity index (χ2n) is 5.42. The lowest BCUT2D eigenvalue weighted by Gasteiger charge is -2.20. The van der Waals surface area contributed by atoms with Gasteiger partial charge in [-0.05, 0) is 46.7 Å². The zero-order valence-electron chi connectivity index (χ0n) is 11.8. The van der Waals surface area contributed by atoms with Gasteiger partial charge in [0.15, 0.2) is 0 Å². The van der Waals surface area contributed by atoms with Crippen LogP contribution in [0, 0.1) is 0 Å². The van der Waals surface area contributed by atoms with E-state index in [0.29, 0.717) is 19.0 Å². The van der Waals surface area contributed by atoms with E-state index in [1.807, 2.05) is 0 Å². The SMILES string of the molecule is CC(C)N(C)CCCCNC(=O)C1CC(O)CN1. The first-order valence-electron chi connectivity index (χ1n) is 6.90. The van der Waals surface area contributed by atoms with Gasteiger partial charge in [-0.15, -0.1) is 0 Å². The molecule has 0 aliphatic carbocycles. The highest BCUT2D eigenvalue weighted by molar-refractivity contribution is 5.82. The fraction of sp³-hybridized carbons (Fsp3) is 0.923. The Morgan fingerprint density at radius 1 is 1.50 bits per heavy atom. The van der Waals surface area contributed by atoms with E-state index < -0.39 is 0 Å². The number of unbranched alkanes of at least 4 members (excludes halogenated alkanes) is 1. The highest BCUT2D eigenvalue weighted by atomic mass is 16.3. The molecular formula is C13H27N3O2. The summed E-state index contributed by atoms with van der Waals surface area (Å²) in [6, 6.07) is 0.363. The minimum atomic E-state index is -0.375. The molecule has 106 valence electrons. The second-order valence-corrected chi connectivity index (χ2v) is 5.42. The van der Waals surface area contributed by atoms with Crippen LogP contribution in [-0.4, -0.2) is 60.8 Å². The van der Waals surface area contributed by atoms with Crippen molar-refractivity contribution in [2.24, 2.45) is 0 Å². The van der Waals surface area contributed by atoms with Gasteiger partial charge >= 0.3 is 0 Å². The third-order valence-corrected chi connectivity index (χ3v) is 3.54. The highest BCUT2D eigenvalue weighted by Gasteiger charge is 2.27. The van der Waals surface area contributed by atoms with Crippen LogP contribution < -0.4 is 10.6 Å². The van der Waals surface area contributed by atoms with Crippen molar-refractivity contribution < 1.29 is 9.90 Å². The summed E-state index contributed by atoms with van der Waals surface area (Å²) in [5.74, 6) is 0.0174. The predicted octanol–water partition coefficient (Wildman–Crippen LogP) is -0.0542. The number of hydrogen-bond donors (Lipinski definition) is 3. The lowest BCUT2D eigenvalue weighted by molar-refractivity contribution is -0.122. The quantitative estimate of drug-likeness (QED) is 0.559. The number of nitrogens with zero attached hydrogens (tertiary/aromatic N) is 1. The van der Waals surface area contributed by atoms with Crippen LogP contribution in [-0.2, 0) is 4.79 Å². The zero-order valence-corrected chi connectivity index (χ0v) is 11.8. The molecular weight excluding hydrogens is 230 g/mol. The summed E-state index contributed by atoms with van der Waals surface area (Å²) in [5, 5.41) is 15.3. The fourth-order valence-electron chi connectivity index (χ4n) is 2.00. The second kappa shape index (κ2) is 7.71. The molecule has 2 unspecified atom stereocenters. The lowest BCUT2D eigenvalue weighted by Crippen LogP contribution is -2.40. The molecule has 3 N–H and O–H groups in total. The number of nitrogens with one attached hydrogen (secondary N) is 2. The van der Waals surface area contributed by atoms with E-state index in [9.17, 15) is 9.90 Å². The molecule has 0 saturated carbocycles. The van der Waals surface area contributed by atoms with Crippen molar-refractivity contribution in [3.63, 3.8) is 0 Å². The topological polar surface area (TPSA) is 64.6 Å². The summed E-state index contributed by atoms with van der Waals surface area (Å²) in [4.78, 5) is 14.0. The largest absolute Gasteiger partial charge is 0.392 e. The summed E-state index contributed by atoms with van der Waals surface area (Å²) in [7, 11) is 2.12. The summed E-state index contributed by atoms with van der Waals surface area (Å²) < 4.78 is 0. The van der Waals surface area contributed by atoms with Crippen LogP contribution in [0.4, 0.5) is 0 Å². The number of carbonyl (C=O) groups excluding carboxylic acids is 1. The van der Waals surface area contributed by atoms with Gasteiger partial charge in [0.05, 0.1) is 12.1 Å². The van der Waals surface area contributed by atoms with E-state index in [1.54, 1.807) is 0 Å². The molecule has 2 atom stereocenters. The maximum absolute atomic E-state index is 11.7. The molecule has 1 fully saturated rings. The summed E-state index contributed by atoms with van der Waals surface area (Å²) >= 11 is 0. The van der Waals surface area contributed by atoms with Crippen LogP contribution in [0.3, 0.4) is 0 Å². The van der Waals surface area contributed by atoms with Crippen LogP contribution in [0.5, 0.6) is 0 Å². The lowest BCUT2D eigenvalue weighted by atomic mass is 10.2. The van der Waals surface area contributed by atoms with Crippen LogP contribution in [0.25, 0.3) is 0 Å². The molecule has 0 aromatic rings. The molecule has 0 aromatic carbocycles. The van der Waals surface area contributed by atoms with Gasteiger partial charge in [0, 0.05) is 19.1 Å². The first-order chi connectivity index (χ1) is 8.50. The average molecular weight is 257 g/mol. The molecule has 1 heterocycles. The monoisotopic (exact) mass is 257 g/mol. The maximum Gasteiger partial charge on any atom is 0.237 e. The third kappa shape index (κ3) is 5.33. The Balaban J connectivity index is 2.02. The number of amides is 1. The normalized spacial score (nSPS) is 23.9. The van der Waals surface area contributed by atoms with Crippen LogP contribution in [0.2, 0.25) is 0 Å². The number of β-amino-alcohol motifs (C(OH)–C–C–N with tert-alkyl or cyclic N) is 1. The predicted molar refractivity (Wildman–Crippen MR) is 72.4 cm³/mol. The van der Waals surface area contributed by atoms with Crippen molar-refractivity contribution in [3.05, 3.63) is 0 Å². The molecule has 1 rings (SSSR count). The smallest absolute Gasteiger partial charge is 0.237 e. The van der Waals surface area contributed by atoms with Gasteiger partial charge in [-0.3, -0.25) is 4.79 Å². The van der Waals surface area contributed by atoms with Crippen molar-refractivity contribution in [1.29, 1.82) is 0 Å². The van der Waals surface area contributed by atoms with Gasteiger partial charge in [0.2, 0.25) is 5.91 Å². The van der Waals surface area contributed by atoms with E-state index in [4.69, 9.17) is 0 Å². The number of hydrogen-bond acceptors (Lipinski definition) is 4. The molecule has 0 aromatic heterocycles. The van der Waals surface area contributed by atoms with Gasteiger partial charge in [0.25, 0.3) is 0 Å². The number of aliphatic hydroxyl groups excluding tert-OH is 1. The maximum atomic E-state index is 11.7. The number of aliphatic hydroxyl groups is 1. The summed E-state index contributed by atoms with van der Waals surface area (Å²) in [6.45, 7) is 6.67. The molecule has 0 radical (unpaired) electrons. The molecule has 5 nitrogen and oxygen atoms in total. The van der Waals surface area contributed by atoms with Crippen molar-refractivity contribution in [1.82, 2.24) is 15.5 Å². The van der Waals surface area contributed by atoms with Crippen LogP contribution in [0.15, 0.2) is 0 Å². The van der Waals surface area contributed by atoms with E-state index in [-0.39, 0.29) is 18.1 Å². The standard InChI is InChI=1S/C13H27N3O2/c1-10(2)16(3)7-5-4-6-14-13(18)12-8-11(17)9-15-12/h10-12,15,17H,4-9H2,1-3H3,(H,14,18). The average Bonchev–Trinajstić information content (AvgIpc) is 2.74. The zero-order chi connectivity index (χ0) is 13.5. The summed E-state index contributed by atoms with van der Waals surface area (Å²) in [6.07, 6.45) is 2.25. The van der Waals surface area contributed by atoms with Gasteiger partial charge in [-0.1, -0.05) is 0 Å². The van der Waals surface area contributed by atoms with Crippen LogP contribution >= 0.6 is 0 Å². The van der Waals surface area contributed by atoms with Crippen molar-refractivity contribution in [2.75, 3.05) is 26.7 Å². The van der Waals surface area contributed by atoms with E-state index in [0.717, 1.165) is 25.9 Å². The molecule has 5 heteroatoms. The first kappa shape index (κ1) is 15.4. The van der Waals surface area contributed by atoms with Crippen molar-refractivity contribution in [2.45, 2.75) is 51.3 Å². The van der Waals surface area contributed by atoms with Crippen LogP contribution in [0.1, 0.15) is 33.1 Å². The van der Waals surface area contributed by atoms with E-state index in [2.05, 4.69) is 36.4 Å². The Labute approximate surface area is 110 Å². The van der Waals surface area contributed by atoms with Gasteiger partial charge in [-0.25, -0.2) is 0 Å². The molecule has 1 aliphatic heterocycles. The molecule has 18 heavy (non-hydrogen) atoms. The molecule has 0 spiro atoms. The Bertz CT molecular complexity index is 259. The van der Waals surface area contributed by atoms with Gasteiger partial charge in [0.1, 0.15) is 0 Å². The molecule has 1 amide bonds. The first-order valence-corrected chi connectivity index (χ1v) is 6.90. The molecule has 1 aliphatic rings. The Kier molecular flexibility index (Phi) is 6.60. The Morgan fingerprint density at radius 2 is 2.22 bits per heavy atom. The Morgan fingerprint density at radius 3 is 2.78 bits per heavy atom. The molecule has 1 saturated heterocycles. The van der Waals surface area contributed by atoms with Crippen molar-refractivity contribution >= 4 is 5.91 Å². The highest BCUT2D eigenvalue weighted by Crippen LogP contribution is 2.06. The Hall–Kier alpha value is -0.650. The number of carbonyl (C=O) groups is 1. The van der Waals surface area contributed by atoms with Gasteiger partial charge in [-0.2, -0.15) is 0 Å². The third-order valence-electron chi connectivity index (χ3n) is 3.54. The van der Waals surface area contributed by atoms with E-state index >= 15 is 0 Å². The van der Waals surface area contributed by atoms with Crippen molar-refractivity contribution in [3.8, 4) is 0 Å². The minimum Gasteiger partial charge on any atom is -0.392 e. The number of rotatable bonds is 7. The minimum absolute atomic E-state index is 0.0174. The fourth-order valence-corrected chi connectivity index (χ4v) is 2.00. The van der Waals surface area contributed by atoms with Gasteiger partial charge < -0.3 is 20.6 Å². The molecule has 0 bridgehead atoms. The summed E-state index contributed by atoms with van der Waals surface area (Å²) in [5.41, 5.74) is 0.